The van der Waals surface area contributed by atoms with Crippen molar-refractivity contribution in [1.29, 1.82) is 0 Å². The maximum absolute atomic E-state index is 12.6. The number of aromatic nitrogens is 4. The summed E-state index contributed by atoms with van der Waals surface area (Å²) >= 11 is 0. The van der Waals surface area contributed by atoms with Crippen molar-refractivity contribution in [3.05, 3.63) is 41.7 Å². The molecule has 2 N–H and O–H groups in total. The lowest BCUT2D eigenvalue weighted by atomic mass is 10.0. The molecule has 1 aromatic heterocycles. The molecule has 22 heavy (non-hydrogen) atoms. The van der Waals surface area contributed by atoms with E-state index in [-0.39, 0.29) is 18.6 Å². The lowest BCUT2D eigenvalue weighted by molar-refractivity contribution is -0.125. The van der Waals surface area contributed by atoms with Gasteiger partial charge in [0.1, 0.15) is 11.9 Å². The van der Waals surface area contributed by atoms with Crippen LogP contribution in [-0.4, -0.2) is 43.9 Å². The Hall–Kier alpha value is -2.28. The molecule has 118 valence electrons. The highest BCUT2D eigenvalue weighted by Crippen LogP contribution is 2.15. The minimum atomic E-state index is -0.544. The van der Waals surface area contributed by atoms with Crippen molar-refractivity contribution in [2.75, 3.05) is 6.61 Å². The number of amides is 1. The summed E-state index contributed by atoms with van der Waals surface area (Å²) in [5, 5.41) is 23.5. The number of carbonyl (C=O) groups excluding carboxylic acids is 1. The molecule has 0 fully saturated rings. The summed E-state index contributed by atoms with van der Waals surface area (Å²) < 4.78 is 1.52. The highest BCUT2D eigenvalue weighted by Gasteiger charge is 2.25. The predicted molar refractivity (Wildman–Crippen MR) is 81.0 cm³/mol. The number of nitrogens with one attached hydrogen (secondary N) is 1. The molecule has 0 bridgehead atoms. The molecule has 2 unspecified atom stereocenters. The molecule has 2 atom stereocenters. The first kappa shape index (κ1) is 16.1. The molecule has 1 aromatic carbocycles. The average Bonchev–Trinajstić information content (AvgIpc) is 2.97. The van der Waals surface area contributed by atoms with Crippen molar-refractivity contribution in [1.82, 2.24) is 25.5 Å². The molecule has 2 aromatic rings. The van der Waals surface area contributed by atoms with E-state index in [1.807, 2.05) is 37.3 Å². The summed E-state index contributed by atoms with van der Waals surface area (Å²) in [5.74, 6) is 0.383. The van der Waals surface area contributed by atoms with Gasteiger partial charge in [-0.3, -0.25) is 4.79 Å². The van der Waals surface area contributed by atoms with E-state index in [4.69, 9.17) is 0 Å². The van der Waals surface area contributed by atoms with Gasteiger partial charge in [0, 0.05) is 6.42 Å². The van der Waals surface area contributed by atoms with E-state index >= 15 is 0 Å². The molecule has 0 aliphatic heterocycles. The third-order valence-electron chi connectivity index (χ3n) is 3.59. The normalized spacial score (nSPS) is 13.6. The Balaban J connectivity index is 2.22. The largest absolute Gasteiger partial charge is 0.394 e. The summed E-state index contributed by atoms with van der Waals surface area (Å²) in [5.41, 5.74) is 1.02. The molecular formula is C15H21N5O2. The molecule has 0 aliphatic rings. The first-order valence-corrected chi connectivity index (χ1v) is 7.35. The lowest BCUT2D eigenvalue weighted by Crippen LogP contribution is -2.42. The van der Waals surface area contributed by atoms with E-state index in [9.17, 15) is 9.90 Å². The van der Waals surface area contributed by atoms with Crippen molar-refractivity contribution in [3.8, 4) is 0 Å². The van der Waals surface area contributed by atoms with E-state index < -0.39 is 6.04 Å². The van der Waals surface area contributed by atoms with Gasteiger partial charge in [-0.25, -0.2) is 4.68 Å². The molecule has 0 spiro atoms. The second kappa shape index (κ2) is 7.65. The van der Waals surface area contributed by atoms with E-state index in [1.165, 1.54) is 4.68 Å². The third-order valence-corrected chi connectivity index (χ3v) is 3.59. The van der Waals surface area contributed by atoms with Gasteiger partial charge in [0.05, 0.1) is 12.6 Å². The van der Waals surface area contributed by atoms with Crippen LogP contribution in [0.1, 0.15) is 30.8 Å². The first-order valence-electron chi connectivity index (χ1n) is 7.35. The molecular weight excluding hydrogens is 282 g/mol. The van der Waals surface area contributed by atoms with E-state index in [0.29, 0.717) is 18.7 Å². The number of rotatable bonds is 7. The summed E-state index contributed by atoms with van der Waals surface area (Å²) in [6, 6.07) is 8.91. The number of aryl methyl sites for hydroxylation is 1. The molecule has 0 saturated carbocycles. The van der Waals surface area contributed by atoms with Gasteiger partial charge in [-0.15, -0.1) is 5.10 Å². The van der Waals surface area contributed by atoms with Gasteiger partial charge in [-0.1, -0.05) is 37.3 Å². The summed E-state index contributed by atoms with van der Waals surface area (Å²) in [6.07, 6.45) is 1.15. The van der Waals surface area contributed by atoms with Crippen LogP contribution in [-0.2, 0) is 11.2 Å². The van der Waals surface area contributed by atoms with Gasteiger partial charge in [0.15, 0.2) is 0 Å². The van der Waals surface area contributed by atoms with Gasteiger partial charge in [0.2, 0.25) is 5.91 Å². The maximum atomic E-state index is 12.6. The van der Waals surface area contributed by atoms with Gasteiger partial charge < -0.3 is 10.4 Å². The molecule has 7 nitrogen and oxygen atoms in total. The number of tetrazole rings is 1. The molecule has 0 saturated heterocycles. The topological polar surface area (TPSA) is 92.9 Å². The van der Waals surface area contributed by atoms with Crippen molar-refractivity contribution >= 4 is 5.91 Å². The van der Waals surface area contributed by atoms with Crippen molar-refractivity contribution < 1.29 is 9.90 Å². The monoisotopic (exact) mass is 303 g/mol. The number of hydrogen-bond donors (Lipinski definition) is 2. The first-order chi connectivity index (χ1) is 10.7. The Bertz CT molecular complexity index is 595. The van der Waals surface area contributed by atoms with Crippen LogP contribution in [0.2, 0.25) is 0 Å². The Labute approximate surface area is 129 Å². The maximum Gasteiger partial charge on any atom is 0.245 e. The van der Waals surface area contributed by atoms with Crippen LogP contribution >= 0.6 is 0 Å². The van der Waals surface area contributed by atoms with Crippen LogP contribution in [0.4, 0.5) is 0 Å². The van der Waals surface area contributed by atoms with Crippen LogP contribution in [0.3, 0.4) is 0 Å². The number of aliphatic hydroxyl groups excluding tert-OH is 1. The molecule has 7 heteroatoms. The number of aliphatic hydroxyl groups is 1. The Kier molecular flexibility index (Phi) is 5.60. The van der Waals surface area contributed by atoms with E-state index in [1.54, 1.807) is 6.92 Å². The molecule has 1 amide bonds. The van der Waals surface area contributed by atoms with Gasteiger partial charge in [-0.2, -0.15) is 0 Å². The van der Waals surface area contributed by atoms with E-state index in [2.05, 4.69) is 20.8 Å². The highest BCUT2D eigenvalue weighted by molar-refractivity contribution is 5.80. The van der Waals surface area contributed by atoms with Crippen LogP contribution in [0.25, 0.3) is 0 Å². The summed E-state index contributed by atoms with van der Waals surface area (Å²) in [4.78, 5) is 12.6. The number of benzene rings is 1. The minimum Gasteiger partial charge on any atom is -0.394 e. The van der Waals surface area contributed by atoms with Gasteiger partial charge >= 0.3 is 0 Å². The quantitative estimate of drug-likeness (QED) is 0.783. The molecule has 2 rings (SSSR count). The fourth-order valence-corrected chi connectivity index (χ4v) is 2.23. The fraction of sp³-hybridized carbons (Fsp3) is 0.467. The average molecular weight is 303 g/mol. The second-order valence-electron chi connectivity index (χ2n) is 5.17. The summed E-state index contributed by atoms with van der Waals surface area (Å²) in [7, 11) is 0. The number of hydrogen-bond acceptors (Lipinski definition) is 5. The zero-order valence-electron chi connectivity index (χ0n) is 12.8. The van der Waals surface area contributed by atoms with Crippen molar-refractivity contribution in [2.45, 2.75) is 38.8 Å². The Morgan fingerprint density at radius 3 is 2.64 bits per heavy atom. The Morgan fingerprint density at radius 1 is 1.36 bits per heavy atom. The third kappa shape index (κ3) is 3.88. The SMILES string of the molecule is CCC(CO)NC(=O)C(Cc1ccccc1)n1nnnc1C. The zero-order valence-corrected chi connectivity index (χ0v) is 12.8. The zero-order chi connectivity index (χ0) is 15.9. The standard InChI is InChI=1S/C15H21N5O2/c1-3-13(10-21)16-15(22)14(20-11(2)17-18-19-20)9-12-7-5-4-6-8-12/h4-8,13-14,21H,3,9-10H2,1-2H3,(H,16,22). The van der Waals surface area contributed by atoms with Crippen molar-refractivity contribution in [2.24, 2.45) is 0 Å². The fourth-order valence-electron chi connectivity index (χ4n) is 2.23. The van der Waals surface area contributed by atoms with Crippen LogP contribution in [0.5, 0.6) is 0 Å². The number of nitrogens with zero attached hydrogens (tertiary/aromatic N) is 4. The number of carbonyl (C=O) groups is 1. The Morgan fingerprint density at radius 2 is 2.09 bits per heavy atom. The smallest absolute Gasteiger partial charge is 0.245 e. The predicted octanol–water partition coefficient (Wildman–Crippen LogP) is 0.652. The second-order valence-corrected chi connectivity index (χ2v) is 5.17. The summed E-state index contributed by atoms with van der Waals surface area (Å²) in [6.45, 7) is 3.58. The lowest BCUT2D eigenvalue weighted by Gasteiger charge is -2.21. The van der Waals surface area contributed by atoms with Gasteiger partial charge in [0.25, 0.3) is 0 Å². The minimum absolute atomic E-state index is 0.0884. The highest BCUT2D eigenvalue weighted by atomic mass is 16.3. The van der Waals surface area contributed by atoms with Gasteiger partial charge in [-0.05, 0) is 29.3 Å². The van der Waals surface area contributed by atoms with Crippen molar-refractivity contribution in [3.63, 3.8) is 0 Å². The van der Waals surface area contributed by atoms with Crippen LogP contribution in [0, 0.1) is 6.92 Å². The molecule has 1 heterocycles. The molecule has 0 aliphatic carbocycles. The molecule has 0 radical (unpaired) electrons. The van der Waals surface area contributed by atoms with Crippen LogP contribution in [0.15, 0.2) is 30.3 Å². The van der Waals surface area contributed by atoms with Crippen LogP contribution < -0.4 is 5.32 Å². The van der Waals surface area contributed by atoms with E-state index in [0.717, 1.165) is 5.56 Å².